The second-order valence-electron chi connectivity index (χ2n) is 9.65. The zero-order valence-corrected chi connectivity index (χ0v) is 20.1. The molecule has 2 aromatic rings. The Morgan fingerprint density at radius 3 is 2.69 bits per heavy atom. The first-order valence-corrected chi connectivity index (χ1v) is 12.5. The number of piperidine rings is 1. The second kappa shape index (κ2) is 9.57. The Bertz CT molecular complexity index is 1190. The van der Waals surface area contributed by atoms with Crippen LogP contribution in [-0.2, 0) is 24.1 Å². The Hall–Kier alpha value is -3.60. The van der Waals surface area contributed by atoms with E-state index >= 15 is 0 Å². The number of carbonyl (C=O) groups is 3. The maximum atomic E-state index is 13.7. The molecular formula is C27H31N5O3. The molecule has 2 fully saturated rings. The van der Waals surface area contributed by atoms with Crippen LogP contribution in [0.5, 0.6) is 0 Å². The number of aromatic nitrogens is 2. The molecule has 35 heavy (non-hydrogen) atoms. The molecule has 0 spiro atoms. The lowest BCUT2D eigenvalue weighted by Gasteiger charge is -2.41. The van der Waals surface area contributed by atoms with Crippen LogP contribution < -0.4 is 5.32 Å². The average Bonchev–Trinajstić information content (AvgIpc) is 3.57. The van der Waals surface area contributed by atoms with Crippen molar-refractivity contribution in [3.8, 4) is 11.8 Å². The molecule has 2 aliphatic heterocycles. The van der Waals surface area contributed by atoms with Gasteiger partial charge in [0.05, 0.1) is 6.54 Å². The summed E-state index contributed by atoms with van der Waals surface area (Å²) in [6.07, 6.45) is 5.38. The fraction of sp³-hybridized carbons (Fsp3) is 0.481. The first-order chi connectivity index (χ1) is 17.0. The number of amides is 4. The number of imide groups is 1. The summed E-state index contributed by atoms with van der Waals surface area (Å²) in [4.78, 5) is 42.8. The van der Waals surface area contributed by atoms with Crippen LogP contribution in [0.2, 0.25) is 0 Å². The van der Waals surface area contributed by atoms with E-state index in [9.17, 15) is 14.4 Å². The van der Waals surface area contributed by atoms with Gasteiger partial charge in [0.25, 0.3) is 11.8 Å². The molecule has 0 unspecified atom stereocenters. The molecule has 0 bridgehead atoms. The van der Waals surface area contributed by atoms with Crippen LogP contribution in [0.4, 0.5) is 4.79 Å². The molecule has 0 saturated carbocycles. The van der Waals surface area contributed by atoms with Gasteiger partial charge in [-0.15, -0.1) is 5.92 Å². The topological polar surface area (TPSA) is 98.4 Å². The number of urea groups is 1. The zero-order chi connectivity index (χ0) is 24.4. The van der Waals surface area contributed by atoms with Gasteiger partial charge in [0.2, 0.25) is 0 Å². The highest BCUT2D eigenvalue weighted by atomic mass is 16.2. The highest BCUT2D eigenvalue weighted by molar-refractivity contribution is 6.07. The van der Waals surface area contributed by atoms with Crippen LogP contribution in [0.1, 0.15) is 59.9 Å². The molecule has 4 amide bonds. The lowest BCUT2D eigenvalue weighted by Crippen LogP contribution is -2.57. The number of nitrogens with one attached hydrogen (secondary N) is 2. The summed E-state index contributed by atoms with van der Waals surface area (Å²) in [5.41, 5.74) is 2.83. The van der Waals surface area contributed by atoms with Crippen molar-refractivity contribution in [2.45, 2.75) is 57.4 Å². The highest BCUT2D eigenvalue weighted by Crippen LogP contribution is 2.37. The summed E-state index contributed by atoms with van der Waals surface area (Å²) in [6.45, 7) is 2.87. The van der Waals surface area contributed by atoms with Crippen molar-refractivity contribution in [2.75, 3.05) is 19.6 Å². The van der Waals surface area contributed by atoms with Gasteiger partial charge in [-0.25, -0.2) is 4.79 Å². The zero-order valence-electron chi connectivity index (χ0n) is 20.1. The summed E-state index contributed by atoms with van der Waals surface area (Å²) < 4.78 is 0. The first kappa shape index (κ1) is 23.2. The lowest BCUT2D eigenvalue weighted by molar-refractivity contribution is -0.133. The number of rotatable bonds is 6. The van der Waals surface area contributed by atoms with Crippen molar-refractivity contribution in [2.24, 2.45) is 5.92 Å². The minimum atomic E-state index is -0.981. The van der Waals surface area contributed by atoms with E-state index < -0.39 is 5.54 Å². The summed E-state index contributed by atoms with van der Waals surface area (Å²) >= 11 is 0. The maximum absolute atomic E-state index is 13.7. The molecule has 8 heteroatoms. The van der Waals surface area contributed by atoms with Gasteiger partial charge in [-0.1, -0.05) is 36.3 Å². The summed E-state index contributed by atoms with van der Waals surface area (Å²) in [7, 11) is 0. The minimum absolute atomic E-state index is 0.0391. The van der Waals surface area contributed by atoms with E-state index in [-0.39, 0.29) is 30.3 Å². The van der Waals surface area contributed by atoms with Crippen LogP contribution in [0.15, 0.2) is 30.3 Å². The smallest absolute Gasteiger partial charge is 0.325 e. The molecule has 3 aliphatic rings. The Balaban J connectivity index is 1.33. The predicted octanol–water partition coefficient (Wildman–Crippen LogP) is 2.70. The third-order valence-corrected chi connectivity index (χ3v) is 7.75. The van der Waals surface area contributed by atoms with E-state index in [1.807, 2.05) is 35.2 Å². The quantitative estimate of drug-likeness (QED) is 0.498. The highest BCUT2D eigenvalue weighted by Gasteiger charge is 2.55. The van der Waals surface area contributed by atoms with E-state index in [1.165, 1.54) is 4.90 Å². The fourth-order valence-electron chi connectivity index (χ4n) is 5.80. The van der Waals surface area contributed by atoms with E-state index in [2.05, 4.69) is 27.4 Å². The molecule has 1 aromatic heterocycles. The van der Waals surface area contributed by atoms with Gasteiger partial charge in [-0.3, -0.25) is 19.6 Å². The normalized spacial score (nSPS) is 22.1. The maximum Gasteiger partial charge on any atom is 0.325 e. The third kappa shape index (κ3) is 4.20. The van der Waals surface area contributed by atoms with Gasteiger partial charge in [0.15, 0.2) is 5.69 Å². The Morgan fingerprint density at radius 2 is 1.94 bits per heavy atom. The van der Waals surface area contributed by atoms with Gasteiger partial charge < -0.3 is 10.2 Å². The Labute approximate surface area is 205 Å². The number of aryl methyl sites for hydroxylation is 2. The number of likely N-dealkylation sites (tertiary alicyclic amines) is 1. The van der Waals surface area contributed by atoms with Crippen molar-refractivity contribution in [1.29, 1.82) is 0 Å². The molecule has 1 aliphatic carbocycles. The molecule has 182 valence electrons. The first-order valence-electron chi connectivity index (χ1n) is 12.5. The van der Waals surface area contributed by atoms with E-state index in [1.54, 1.807) is 6.92 Å². The second-order valence-corrected chi connectivity index (χ2v) is 9.65. The van der Waals surface area contributed by atoms with Gasteiger partial charge in [-0.05, 0) is 63.4 Å². The number of carbonyl (C=O) groups excluding carboxylic acids is 3. The predicted molar refractivity (Wildman–Crippen MR) is 130 cm³/mol. The van der Waals surface area contributed by atoms with Crippen LogP contribution in [0, 0.1) is 17.8 Å². The number of hydrogen-bond acceptors (Lipinski definition) is 4. The number of fused-ring (bicyclic) bond motifs is 1. The lowest BCUT2D eigenvalue weighted by atomic mass is 9.74. The molecule has 3 heterocycles. The molecule has 1 atom stereocenters. The molecule has 2 saturated heterocycles. The standard InChI is InChI=1S/C27H31N5O3/c1-2-3-16-32-25(34)27(28-26(32)35,15-12-19-8-5-4-6-9-19)20-13-17-31(18-14-20)24(33)23-21-10-7-11-22(21)29-30-23/h4-6,8-9,20H,7,10-18H2,1H3,(H,28,35)(H,29,30)/t27-/m1/s1. The fourth-order valence-corrected chi connectivity index (χ4v) is 5.80. The number of H-pyrrole nitrogens is 1. The van der Waals surface area contributed by atoms with Crippen LogP contribution in [0.25, 0.3) is 0 Å². The Morgan fingerprint density at radius 1 is 1.17 bits per heavy atom. The van der Waals surface area contributed by atoms with Gasteiger partial charge in [-0.2, -0.15) is 5.10 Å². The molecule has 1 aromatic carbocycles. The van der Waals surface area contributed by atoms with Crippen LogP contribution in [-0.4, -0.2) is 63.0 Å². The van der Waals surface area contributed by atoms with Crippen LogP contribution >= 0.6 is 0 Å². The van der Waals surface area contributed by atoms with Crippen molar-refractivity contribution in [3.05, 3.63) is 52.8 Å². The van der Waals surface area contributed by atoms with E-state index in [0.717, 1.165) is 36.1 Å². The summed E-state index contributed by atoms with van der Waals surface area (Å²) in [5, 5.41) is 10.4. The summed E-state index contributed by atoms with van der Waals surface area (Å²) in [5.74, 6) is 5.33. The van der Waals surface area contributed by atoms with Gasteiger partial charge in [0.1, 0.15) is 5.54 Å². The number of nitrogens with zero attached hydrogens (tertiary/aromatic N) is 3. The van der Waals surface area contributed by atoms with Crippen molar-refractivity contribution >= 4 is 17.8 Å². The van der Waals surface area contributed by atoms with Gasteiger partial charge in [0, 0.05) is 24.3 Å². The minimum Gasteiger partial charge on any atom is -0.337 e. The number of aromatic amines is 1. The van der Waals surface area contributed by atoms with Crippen LogP contribution in [0.3, 0.4) is 0 Å². The Kier molecular flexibility index (Phi) is 6.33. The number of hydrogen-bond donors (Lipinski definition) is 2. The molecular weight excluding hydrogens is 442 g/mol. The molecule has 5 rings (SSSR count). The van der Waals surface area contributed by atoms with Gasteiger partial charge >= 0.3 is 6.03 Å². The third-order valence-electron chi connectivity index (χ3n) is 7.75. The molecule has 0 radical (unpaired) electrons. The van der Waals surface area contributed by atoms with E-state index in [0.29, 0.717) is 44.5 Å². The molecule has 8 nitrogen and oxygen atoms in total. The van der Waals surface area contributed by atoms with E-state index in [4.69, 9.17) is 0 Å². The van der Waals surface area contributed by atoms with Crippen molar-refractivity contribution in [3.63, 3.8) is 0 Å². The summed E-state index contributed by atoms with van der Waals surface area (Å²) in [6, 6.07) is 9.63. The largest absolute Gasteiger partial charge is 0.337 e. The van der Waals surface area contributed by atoms with Crippen molar-refractivity contribution in [1.82, 2.24) is 25.3 Å². The molecule has 2 N–H and O–H groups in total. The van der Waals surface area contributed by atoms with Crippen molar-refractivity contribution < 1.29 is 14.4 Å². The average molecular weight is 474 g/mol. The number of benzene rings is 1. The SMILES string of the molecule is CC#CCN1C(=O)N[C@](CCc2ccccc2)(C2CCN(C(=O)c3n[nH]c4c3CCC4)CC2)C1=O. The monoisotopic (exact) mass is 473 g/mol.